The minimum absolute atomic E-state index is 0.161. The van der Waals surface area contributed by atoms with Crippen molar-refractivity contribution in [3.05, 3.63) is 28.8 Å². The van der Waals surface area contributed by atoms with Gasteiger partial charge in [-0.15, -0.1) is 0 Å². The number of nitrogens with zero attached hydrogens (tertiary/aromatic N) is 1. The highest BCUT2D eigenvalue weighted by molar-refractivity contribution is 6.32. The lowest BCUT2D eigenvalue weighted by Crippen LogP contribution is -2.49. The normalized spacial score (nSPS) is 26.8. The fourth-order valence-electron chi connectivity index (χ4n) is 3.21. The Hall–Kier alpha value is -0.810. The summed E-state index contributed by atoms with van der Waals surface area (Å²) in [6.07, 6.45) is 2.76. The number of methoxy groups -OCH3 is 1. The van der Waals surface area contributed by atoms with Gasteiger partial charge in [-0.05, 0) is 37.6 Å². The van der Waals surface area contributed by atoms with Crippen LogP contribution in [0.1, 0.15) is 24.4 Å². The van der Waals surface area contributed by atoms with Crippen LogP contribution >= 0.6 is 11.6 Å². The molecule has 0 spiro atoms. The smallest absolute Gasteiger partial charge is 0.137 e. The number of ether oxygens (including phenoxy) is 2. The molecular formula is C16H23ClN2O2. The summed E-state index contributed by atoms with van der Waals surface area (Å²) in [4.78, 5) is 2.59. The maximum Gasteiger partial charge on any atom is 0.137 e. The topological polar surface area (TPSA) is 33.7 Å². The van der Waals surface area contributed by atoms with Gasteiger partial charge in [-0.1, -0.05) is 17.7 Å². The molecule has 5 heteroatoms. The standard InChI is InChI=1S/C16H23ClN2O2/c1-18-10-15-16(19(7-8-21-15)12-4-5-12)11-3-6-14(20-2)13(17)9-11/h3,6,9,12,15-16,18H,4-5,7-8,10H2,1-2H3. The monoisotopic (exact) mass is 310 g/mol. The second kappa shape index (κ2) is 6.53. The van der Waals surface area contributed by atoms with Gasteiger partial charge in [0.05, 0.1) is 30.9 Å². The van der Waals surface area contributed by atoms with Crippen molar-refractivity contribution in [2.45, 2.75) is 31.0 Å². The second-order valence-corrected chi connectivity index (χ2v) is 6.18. The van der Waals surface area contributed by atoms with Crippen molar-refractivity contribution < 1.29 is 9.47 Å². The van der Waals surface area contributed by atoms with Crippen LogP contribution in [-0.2, 0) is 4.74 Å². The van der Waals surface area contributed by atoms with Crippen molar-refractivity contribution in [2.24, 2.45) is 0 Å². The molecule has 2 unspecified atom stereocenters. The first-order valence-corrected chi connectivity index (χ1v) is 7.97. The summed E-state index contributed by atoms with van der Waals surface area (Å²) in [5.41, 5.74) is 1.22. The number of likely N-dealkylation sites (N-methyl/N-ethyl adjacent to an activating group) is 1. The van der Waals surface area contributed by atoms with Crippen molar-refractivity contribution in [3.63, 3.8) is 0 Å². The molecular weight excluding hydrogens is 288 g/mol. The van der Waals surface area contributed by atoms with Gasteiger partial charge in [0.25, 0.3) is 0 Å². The van der Waals surface area contributed by atoms with E-state index < -0.39 is 0 Å². The SMILES string of the molecule is CNCC1OCCN(C2CC2)C1c1ccc(OC)c(Cl)c1. The van der Waals surface area contributed by atoms with Gasteiger partial charge in [0, 0.05) is 19.1 Å². The fourth-order valence-corrected chi connectivity index (χ4v) is 3.48. The minimum Gasteiger partial charge on any atom is -0.495 e. The average molecular weight is 311 g/mol. The summed E-state index contributed by atoms with van der Waals surface area (Å²) >= 11 is 6.32. The Morgan fingerprint density at radius 3 is 2.86 bits per heavy atom. The van der Waals surface area contributed by atoms with E-state index in [0.29, 0.717) is 11.1 Å². The van der Waals surface area contributed by atoms with Gasteiger partial charge in [-0.3, -0.25) is 4.90 Å². The van der Waals surface area contributed by atoms with Crippen molar-refractivity contribution in [2.75, 3.05) is 33.9 Å². The minimum atomic E-state index is 0.161. The molecule has 2 atom stereocenters. The third-order valence-corrected chi connectivity index (χ3v) is 4.62. The van der Waals surface area contributed by atoms with Crippen LogP contribution in [0.25, 0.3) is 0 Å². The Kier molecular flexibility index (Phi) is 4.69. The van der Waals surface area contributed by atoms with Gasteiger partial charge in [0.15, 0.2) is 0 Å². The van der Waals surface area contributed by atoms with Crippen molar-refractivity contribution >= 4 is 11.6 Å². The predicted molar refractivity (Wildman–Crippen MR) is 84.1 cm³/mol. The highest BCUT2D eigenvalue weighted by Crippen LogP contribution is 2.40. The molecule has 1 aromatic rings. The summed E-state index contributed by atoms with van der Waals surface area (Å²) in [6, 6.07) is 7.06. The van der Waals surface area contributed by atoms with Gasteiger partial charge in [-0.2, -0.15) is 0 Å². The summed E-state index contributed by atoms with van der Waals surface area (Å²) < 4.78 is 11.3. The highest BCUT2D eigenvalue weighted by Gasteiger charge is 2.41. The Morgan fingerprint density at radius 2 is 2.24 bits per heavy atom. The van der Waals surface area contributed by atoms with E-state index in [2.05, 4.69) is 16.3 Å². The first-order chi connectivity index (χ1) is 10.2. The van der Waals surface area contributed by atoms with Crippen LogP contribution in [0.2, 0.25) is 5.02 Å². The highest BCUT2D eigenvalue weighted by atomic mass is 35.5. The quantitative estimate of drug-likeness (QED) is 0.906. The Bertz CT molecular complexity index is 491. The molecule has 0 radical (unpaired) electrons. The number of halogens is 1. The molecule has 116 valence electrons. The molecule has 1 aliphatic heterocycles. The molecule has 2 fully saturated rings. The van der Waals surface area contributed by atoms with Crippen molar-refractivity contribution in [1.82, 2.24) is 10.2 Å². The zero-order chi connectivity index (χ0) is 14.8. The largest absolute Gasteiger partial charge is 0.495 e. The second-order valence-electron chi connectivity index (χ2n) is 5.77. The fraction of sp³-hybridized carbons (Fsp3) is 0.625. The molecule has 0 bridgehead atoms. The van der Waals surface area contributed by atoms with E-state index in [1.54, 1.807) is 7.11 Å². The number of rotatable bonds is 5. The first-order valence-electron chi connectivity index (χ1n) is 7.60. The van der Waals surface area contributed by atoms with Gasteiger partial charge in [-0.25, -0.2) is 0 Å². The molecule has 3 rings (SSSR count). The number of morpholine rings is 1. The average Bonchev–Trinajstić information content (AvgIpc) is 3.32. The third kappa shape index (κ3) is 3.19. The van der Waals surface area contributed by atoms with E-state index in [9.17, 15) is 0 Å². The number of benzene rings is 1. The lowest BCUT2D eigenvalue weighted by Gasteiger charge is -2.42. The summed E-state index contributed by atoms with van der Waals surface area (Å²) in [5, 5.41) is 3.91. The zero-order valence-electron chi connectivity index (χ0n) is 12.6. The molecule has 1 saturated carbocycles. The van der Waals surface area contributed by atoms with E-state index in [1.807, 2.05) is 19.2 Å². The van der Waals surface area contributed by atoms with Crippen LogP contribution < -0.4 is 10.1 Å². The van der Waals surface area contributed by atoms with Crippen LogP contribution in [-0.4, -0.2) is 50.9 Å². The van der Waals surface area contributed by atoms with Crippen molar-refractivity contribution in [3.8, 4) is 5.75 Å². The van der Waals surface area contributed by atoms with Gasteiger partial charge in [0.1, 0.15) is 5.75 Å². The summed E-state index contributed by atoms with van der Waals surface area (Å²) in [7, 11) is 3.61. The summed E-state index contributed by atoms with van der Waals surface area (Å²) in [6.45, 7) is 2.65. The molecule has 1 N–H and O–H groups in total. The van der Waals surface area contributed by atoms with Gasteiger partial charge in [0.2, 0.25) is 0 Å². The molecule has 0 amide bonds. The molecule has 4 nitrogen and oxygen atoms in total. The Morgan fingerprint density at radius 1 is 1.43 bits per heavy atom. The van der Waals surface area contributed by atoms with Crippen LogP contribution in [0.3, 0.4) is 0 Å². The lowest BCUT2D eigenvalue weighted by atomic mass is 9.97. The van der Waals surface area contributed by atoms with Gasteiger partial charge >= 0.3 is 0 Å². The van der Waals surface area contributed by atoms with Gasteiger partial charge < -0.3 is 14.8 Å². The lowest BCUT2D eigenvalue weighted by molar-refractivity contribution is -0.0740. The first kappa shape index (κ1) is 15.1. The predicted octanol–water partition coefficient (Wildman–Crippen LogP) is 2.47. The number of hydrogen-bond acceptors (Lipinski definition) is 4. The van der Waals surface area contributed by atoms with E-state index >= 15 is 0 Å². The summed E-state index contributed by atoms with van der Waals surface area (Å²) in [5.74, 6) is 0.722. The van der Waals surface area contributed by atoms with Crippen LogP contribution in [0.5, 0.6) is 5.75 Å². The number of nitrogens with one attached hydrogen (secondary N) is 1. The zero-order valence-corrected chi connectivity index (χ0v) is 13.4. The van der Waals surface area contributed by atoms with E-state index in [-0.39, 0.29) is 12.1 Å². The molecule has 0 aromatic heterocycles. The van der Waals surface area contributed by atoms with Crippen LogP contribution in [0.15, 0.2) is 18.2 Å². The maximum atomic E-state index is 6.32. The Labute approximate surface area is 131 Å². The van der Waals surface area contributed by atoms with E-state index in [4.69, 9.17) is 21.1 Å². The van der Waals surface area contributed by atoms with Crippen LogP contribution in [0.4, 0.5) is 0 Å². The third-order valence-electron chi connectivity index (χ3n) is 4.33. The molecule has 2 aliphatic rings. The van der Waals surface area contributed by atoms with Crippen LogP contribution in [0, 0.1) is 0 Å². The molecule has 1 saturated heterocycles. The van der Waals surface area contributed by atoms with Crippen molar-refractivity contribution in [1.29, 1.82) is 0 Å². The number of hydrogen-bond donors (Lipinski definition) is 1. The van der Waals surface area contributed by atoms with E-state index in [0.717, 1.165) is 25.4 Å². The Balaban J connectivity index is 1.90. The molecule has 21 heavy (non-hydrogen) atoms. The molecule has 1 heterocycles. The molecule has 1 aromatic carbocycles. The van der Waals surface area contributed by atoms with E-state index in [1.165, 1.54) is 18.4 Å². The molecule has 1 aliphatic carbocycles. The maximum absolute atomic E-state index is 6.32.